The summed E-state index contributed by atoms with van der Waals surface area (Å²) in [5.74, 6) is -0.299. The highest BCUT2D eigenvalue weighted by atomic mass is 35.5. The molecule has 0 saturated carbocycles. The van der Waals surface area contributed by atoms with Crippen molar-refractivity contribution in [1.82, 2.24) is 0 Å². The van der Waals surface area contributed by atoms with Gasteiger partial charge in [0.15, 0.2) is 0 Å². The van der Waals surface area contributed by atoms with Crippen LogP contribution in [0, 0.1) is 5.82 Å². The molecule has 0 bridgehead atoms. The van der Waals surface area contributed by atoms with Crippen molar-refractivity contribution in [2.75, 3.05) is 11.2 Å². The van der Waals surface area contributed by atoms with E-state index in [1.54, 1.807) is 6.07 Å². The van der Waals surface area contributed by atoms with Crippen molar-refractivity contribution in [2.24, 2.45) is 0 Å². The van der Waals surface area contributed by atoms with Gasteiger partial charge < -0.3 is 5.32 Å². The van der Waals surface area contributed by atoms with Crippen molar-refractivity contribution in [1.29, 1.82) is 0 Å². The number of nitrogens with one attached hydrogen (secondary N) is 1. The van der Waals surface area contributed by atoms with E-state index in [9.17, 15) is 9.18 Å². The molecule has 1 N–H and O–H groups in total. The number of carbonyl (C=O) groups is 1. The van der Waals surface area contributed by atoms with Crippen LogP contribution in [0.4, 0.5) is 10.1 Å². The minimum atomic E-state index is -0.549. The van der Waals surface area contributed by atoms with Gasteiger partial charge in [0.05, 0.1) is 5.02 Å². The van der Waals surface area contributed by atoms with Crippen LogP contribution in [0.5, 0.6) is 0 Å². The number of halogens is 3. The van der Waals surface area contributed by atoms with E-state index >= 15 is 0 Å². The van der Waals surface area contributed by atoms with E-state index in [2.05, 4.69) is 5.32 Å². The SMILES string of the molecule is O=C(CCCCl)Nc1ccc(Cl)c(F)c1. The van der Waals surface area contributed by atoms with E-state index in [4.69, 9.17) is 23.2 Å². The van der Waals surface area contributed by atoms with Crippen LogP contribution in [-0.2, 0) is 4.79 Å². The maximum Gasteiger partial charge on any atom is 0.224 e. The molecule has 2 nitrogen and oxygen atoms in total. The average molecular weight is 250 g/mol. The van der Waals surface area contributed by atoms with Crippen LogP contribution in [0.25, 0.3) is 0 Å². The fourth-order valence-corrected chi connectivity index (χ4v) is 1.28. The Bertz CT molecular complexity index is 357. The monoisotopic (exact) mass is 249 g/mol. The van der Waals surface area contributed by atoms with Gasteiger partial charge in [0.1, 0.15) is 5.82 Å². The molecule has 1 aromatic carbocycles. The average Bonchev–Trinajstić information content (AvgIpc) is 2.20. The largest absolute Gasteiger partial charge is 0.326 e. The van der Waals surface area contributed by atoms with Crippen LogP contribution in [0.1, 0.15) is 12.8 Å². The van der Waals surface area contributed by atoms with E-state index in [0.29, 0.717) is 24.4 Å². The molecule has 0 heterocycles. The second-order valence-corrected chi connectivity index (χ2v) is 3.75. The number of carbonyl (C=O) groups excluding carboxylic acids is 1. The molecule has 1 amide bonds. The Hall–Kier alpha value is -0.800. The van der Waals surface area contributed by atoms with E-state index in [1.165, 1.54) is 12.1 Å². The lowest BCUT2D eigenvalue weighted by Crippen LogP contribution is -2.11. The van der Waals surface area contributed by atoms with Gasteiger partial charge in [-0.3, -0.25) is 4.79 Å². The van der Waals surface area contributed by atoms with Crippen molar-refractivity contribution in [3.63, 3.8) is 0 Å². The summed E-state index contributed by atoms with van der Waals surface area (Å²) in [6, 6.07) is 4.12. The van der Waals surface area contributed by atoms with Crippen molar-refractivity contribution in [2.45, 2.75) is 12.8 Å². The van der Waals surface area contributed by atoms with E-state index < -0.39 is 5.82 Å². The molecule has 5 heteroatoms. The molecule has 0 aliphatic rings. The first-order valence-electron chi connectivity index (χ1n) is 4.44. The number of anilines is 1. The molecule has 0 radical (unpaired) electrons. The third-order valence-electron chi connectivity index (χ3n) is 1.74. The van der Waals surface area contributed by atoms with Crippen molar-refractivity contribution < 1.29 is 9.18 Å². The summed E-state index contributed by atoms with van der Waals surface area (Å²) in [6.07, 6.45) is 0.928. The zero-order chi connectivity index (χ0) is 11.3. The molecule has 15 heavy (non-hydrogen) atoms. The van der Waals surface area contributed by atoms with Gasteiger partial charge in [0.2, 0.25) is 5.91 Å². The number of hydrogen-bond donors (Lipinski definition) is 1. The highest BCUT2D eigenvalue weighted by Gasteiger charge is 2.04. The molecule has 0 unspecified atom stereocenters. The maximum absolute atomic E-state index is 13.0. The lowest BCUT2D eigenvalue weighted by atomic mass is 10.2. The van der Waals surface area contributed by atoms with Crippen LogP contribution in [0.15, 0.2) is 18.2 Å². The van der Waals surface area contributed by atoms with Gasteiger partial charge in [0, 0.05) is 18.0 Å². The minimum Gasteiger partial charge on any atom is -0.326 e. The van der Waals surface area contributed by atoms with Gasteiger partial charge in [-0.05, 0) is 24.6 Å². The normalized spacial score (nSPS) is 10.1. The highest BCUT2D eigenvalue weighted by molar-refractivity contribution is 6.30. The van der Waals surface area contributed by atoms with E-state index in [0.717, 1.165) is 0 Å². The number of amides is 1. The molecular weight excluding hydrogens is 240 g/mol. The van der Waals surface area contributed by atoms with Crippen LogP contribution in [0.2, 0.25) is 5.02 Å². The predicted octanol–water partition coefficient (Wildman–Crippen LogP) is 3.44. The van der Waals surface area contributed by atoms with Crippen LogP contribution in [0.3, 0.4) is 0 Å². The smallest absolute Gasteiger partial charge is 0.224 e. The van der Waals surface area contributed by atoms with Crippen molar-refractivity contribution >= 4 is 34.8 Å². The van der Waals surface area contributed by atoms with Gasteiger partial charge in [-0.2, -0.15) is 0 Å². The molecule has 0 saturated heterocycles. The quantitative estimate of drug-likeness (QED) is 0.815. The Balaban J connectivity index is 2.57. The zero-order valence-corrected chi connectivity index (χ0v) is 9.41. The molecular formula is C10H10Cl2FNO. The summed E-state index contributed by atoms with van der Waals surface area (Å²) in [6.45, 7) is 0. The van der Waals surface area contributed by atoms with Gasteiger partial charge in [-0.25, -0.2) is 4.39 Å². The van der Waals surface area contributed by atoms with Crippen LogP contribution in [-0.4, -0.2) is 11.8 Å². The number of rotatable bonds is 4. The second kappa shape index (κ2) is 5.93. The number of benzene rings is 1. The molecule has 82 valence electrons. The molecule has 0 spiro atoms. The Morgan fingerprint density at radius 3 is 2.80 bits per heavy atom. The fourth-order valence-electron chi connectivity index (χ4n) is 1.02. The van der Waals surface area contributed by atoms with Crippen LogP contribution < -0.4 is 5.32 Å². The second-order valence-electron chi connectivity index (χ2n) is 2.97. The summed E-state index contributed by atoms with van der Waals surface area (Å²) >= 11 is 10.9. The summed E-state index contributed by atoms with van der Waals surface area (Å²) in [5, 5.41) is 2.58. The standard InChI is InChI=1S/C10H10Cl2FNO/c11-5-1-2-10(15)14-7-3-4-8(12)9(13)6-7/h3-4,6H,1-2,5H2,(H,14,15). The first kappa shape index (κ1) is 12.3. The lowest BCUT2D eigenvalue weighted by Gasteiger charge is -2.04. The first-order chi connectivity index (χ1) is 7.13. The predicted molar refractivity (Wildman–Crippen MR) is 60.0 cm³/mol. The van der Waals surface area contributed by atoms with E-state index in [1.807, 2.05) is 0 Å². The number of hydrogen-bond acceptors (Lipinski definition) is 1. The number of alkyl halides is 1. The first-order valence-corrected chi connectivity index (χ1v) is 5.35. The molecule has 1 rings (SSSR count). The molecule has 0 atom stereocenters. The highest BCUT2D eigenvalue weighted by Crippen LogP contribution is 2.18. The topological polar surface area (TPSA) is 29.1 Å². The maximum atomic E-state index is 13.0. The molecule has 0 aliphatic carbocycles. The summed E-state index contributed by atoms with van der Waals surface area (Å²) in [4.78, 5) is 11.2. The summed E-state index contributed by atoms with van der Waals surface area (Å²) in [7, 11) is 0. The van der Waals surface area contributed by atoms with E-state index in [-0.39, 0.29) is 10.9 Å². The van der Waals surface area contributed by atoms with Gasteiger partial charge in [0.25, 0.3) is 0 Å². The molecule has 0 aliphatic heterocycles. The van der Waals surface area contributed by atoms with Gasteiger partial charge in [-0.1, -0.05) is 11.6 Å². The third-order valence-corrected chi connectivity index (χ3v) is 2.31. The molecule has 1 aromatic rings. The van der Waals surface area contributed by atoms with Crippen molar-refractivity contribution in [3.05, 3.63) is 29.0 Å². The Morgan fingerprint density at radius 1 is 1.47 bits per heavy atom. The lowest BCUT2D eigenvalue weighted by molar-refractivity contribution is -0.116. The molecule has 0 fully saturated rings. The Kier molecular flexibility index (Phi) is 4.85. The Labute approximate surface area is 97.4 Å². The van der Waals surface area contributed by atoms with Crippen LogP contribution >= 0.6 is 23.2 Å². The molecule has 0 aromatic heterocycles. The summed E-state index contributed by atoms with van der Waals surface area (Å²) in [5.41, 5.74) is 0.400. The summed E-state index contributed by atoms with van der Waals surface area (Å²) < 4.78 is 13.0. The fraction of sp³-hybridized carbons (Fsp3) is 0.300. The van der Waals surface area contributed by atoms with Crippen molar-refractivity contribution in [3.8, 4) is 0 Å². The Morgan fingerprint density at radius 2 is 2.20 bits per heavy atom. The van der Waals surface area contributed by atoms with Gasteiger partial charge >= 0.3 is 0 Å². The minimum absolute atomic E-state index is 0.0359. The zero-order valence-electron chi connectivity index (χ0n) is 7.90. The van der Waals surface area contributed by atoms with Gasteiger partial charge in [-0.15, -0.1) is 11.6 Å². The third kappa shape index (κ3) is 4.06.